The Labute approximate surface area is 149 Å². The lowest BCUT2D eigenvalue weighted by molar-refractivity contribution is -0.00545. The third-order valence-electron chi connectivity index (χ3n) is 4.63. The molecular weight excluding hydrogens is 320 g/mol. The SMILES string of the molecule is CC1CN(c2ccc(NC(=O)NC(C)C3CCCO3)cn2)CC(C)O1. The standard InChI is InChI=1S/C18H28N4O3/c1-12-10-22(11-13(2)25-12)17-7-6-15(9-19-17)21-18(23)20-14(3)16-5-4-8-24-16/h6-7,9,12-14,16H,4-5,8,10-11H2,1-3H3,(H2,20,21,23). The van der Waals surface area contributed by atoms with Crippen LogP contribution in [-0.4, -0.2) is 55.1 Å². The molecule has 2 amide bonds. The number of carbonyl (C=O) groups excluding carboxylic acids is 1. The first-order chi connectivity index (χ1) is 12.0. The van der Waals surface area contributed by atoms with Crippen LogP contribution in [0, 0.1) is 0 Å². The maximum Gasteiger partial charge on any atom is 0.319 e. The van der Waals surface area contributed by atoms with E-state index in [-0.39, 0.29) is 30.4 Å². The number of ether oxygens (including phenoxy) is 2. The smallest absolute Gasteiger partial charge is 0.319 e. The number of rotatable bonds is 4. The highest BCUT2D eigenvalue weighted by atomic mass is 16.5. The van der Waals surface area contributed by atoms with Crippen molar-refractivity contribution in [2.24, 2.45) is 0 Å². The summed E-state index contributed by atoms with van der Waals surface area (Å²) in [6, 6.07) is 3.57. The van der Waals surface area contributed by atoms with Gasteiger partial charge in [-0.25, -0.2) is 9.78 Å². The Morgan fingerprint density at radius 1 is 1.32 bits per heavy atom. The van der Waals surface area contributed by atoms with E-state index in [0.717, 1.165) is 38.4 Å². The number of hydrogen-bond donors (Lipinski definition) is 2. The number of pyridine rings is 1. The van der Waals surface area contributed by atoms with Crippen molar-refractivity contribution in [3.05, 3.63) is 18.3 Å². The molecule has 1 aromatic rings. The highest BCUT2D eigenvalue weighted by Gasteiger charge is 2.24. The molecule has 7 nitrogen and oxygen atoms in total. The topological polar surface area (TPSA) is 75.7 Å². The molecule has 0 saturated carbocycles. The first-order valence-electron chi connectivity index (χ1n) is 9.07. The molecule has 4 unspecified atom stereocenters. The van der Waals surface area contributed by atoms with Crippen molar-refractivity contribution in [2.75, 3.05) is 29.9 Å². The molecule has 2 aliphatic heterocycles. The number of carbonyl (C=O) groups is 1. The summed E-state index contributed by atoms with van der Waals surface area (Å²) < 4.78 is 11.3. The Balaban J connectivity index is 1.52. The Kier molecular flexibility index (Phi) is 5.75. The van der Waals surface area contributed by atoms with Gasteiger partial charge in [-0.1, -0.05) is 0 Å². The van der Waals surface area contributed by atoms with Gasteiger partial charge in [-0.05, 0) is 45.7 Å². The molecule has 2 saturated heterocycles. The number of amides is 2. The first kappa shape index (κ1) is 17.9. The minimum absolute atomic E-state index is 0.00828. The van der Waals surface area contributed by atoms with Crippen molar-refractivity contribution in [1.82, 2.24) is 10.3 Å². The lowest BCUT2D eigenvalue weighted by Gasteiger charge is -2.36. The summed E-state index contributed by atoms with van der Waals surface area (Å²) in [4.78, 5) is 18.8. The molecule has 0 aliphatic carbocycles. The summed E-state index contributed by atoms with van der Waals surface area (Å²) in [5, 5.41) is 5.76. The van der Waals surface area contributed by atoms with Gasteiger partial charge in [0.1, 0.15) is 5.82 Å². The first-order valence-corrected chi connectivity index (χ1v) is 9.07. The number of nitrogens with zero attached hydrogens (tertiary/aromatic N) is 2. The van der Waals surface area contributed by atoms with E-state index in [4.69, 9.17) is 9.47 Å². The average molecular weight is 348 g/mol. The number of aromatic nitrogens is 1. The van der Waals surface area contributed by atoms with Gasteiger partial charge < -0.3 is 25.0 Å². The molecule has 7 heteroatoms. The van der Waals surface area contributed by atoms with E-state index in [1.165, 1.54) is 0 Å². The minimum Gasteiger partial charge on any atom is -0.376 e. The third kappa shape index (κ3) is 4.83. The Morgan fingerprint density at radius 2 is 2.08 bits per heavy atom. The molecule has 2 N–H and O–H groups in total. The van der Waals surface area contributed by atoms with E-state index in [1.54, 1.807) is 6.20 Å². The maximum atomic E-state index is 12.1. The van der Waals surface area contributed by atoms with Crippen molar-refractivity contribution in [3.63, 3.8) is 0 Å². The molecule has 25 heavy (non-hydrogen) atoms. The van der Waals surface area contributed by atoms with Crippen LogP contribution in [0.25, 0.3) is 0 Å². The summed E-state index contributed by atoms with van der Waals surface area (Å²) in [5.74, 6) is 0.903. The second kappa shape index (κ2) is 8.01. The van der Waals surface area contributed by atoms with Crippen LogP contribution in [-0.2, 0) is 9.47 Å². The highest BCUT2D eigenvalue weighted by Crippen LogP contribution is 2.20. The van der Waals surface area contributed by atoms with Gasteiger partial charge in [0.15, 0.2) is 0 Å². The molecule has 4 atom stereocenters. The van der Waals surface area contributed by atoms with Crippen molar-refractivity contribution in [1.29, 1.82) is 0 Å². The van der Waals surface area contributed by atoms with E-state index in [1.807, 2.05) is 19.1 Å². The molecule has 0 spiro atoms. The van der Waals surface area contributed by atoms with Crippen molar-refractivity contribution >= 4 is 17.5 Å². The molecule has 138 valence electrons. The van der Waals surface area contributed by atoms with Crippen LogP contribution in [0.3, 0.4) is 0 Å². The van der Waals surface area contributed by atoms with Crippen molar-refractivity contribution < 1.29 is 14.3 Å². The van der Waals surface area contributed by atoms with Gasteiger partial charge in [0.25, 0.3) is 0 Å². The van der Waals surface area contributed by atoms with Gasteiger partial charge >= 0.3 is 6.03 Å². The third-order valence-corrected chi connectivity index (χ3v) is 4.63. The summed E-state index contributed by atoms with van der Waals surface area (Å²) in [7, 11) is 0. The quantitative estimate of drug-likeness (QED) is 0.874. The van der Waals surface area contributed by atoms with Crippen LogP contribution in [0.15, 0.2) is 18.3 Å². The van der Waals surface area contributed by atoms with Gasteiger partial charge in [-0.2, -0.15) is 0 Å². The largest absolute Gasteiger partial charge is 0.376 e. The molecular formula is C18H28N4O3. The second-order valence-electron chi connectivity index (χ2n) is 7.01. The zero-order chi connectivity index (χ0) is 17.8. The van der Waals surface area contributed by atoms with Crippen molar-refractivity contribution in [3.8, 4) is 0 Å². The van der Waals surface area contributed by atoms with Gasteiger partial charge in [-0.15, -0.1) is 0 Å². The fourth-order valence-corrected chi connectivity index (χ4v) is 3.48. The summed E-state index contributed by atoms with van der Waals surface area (Å²) >= 11 is 0. The van der Waals surface area contributed by atoms with Crippen LogP contribution in [0.2, 0.25) is 0 Å². The average Bonchev–Trinajstić information content (AvgIpc) is 3.09. The minimum atomic E-state index is -0.230. The van der Waals surface area contributed by atoms with Crippen LogP contribution in [0.4, 0.5) is 16.3 Å². The second-order valence-corrected chi connectivity index (χ2v) is 7.01. The summed E-state index contributed by atoms with van der Waals surface area (Å²) in [6.07, 6.45) is 4.23. The van der Waals surface area contributed by atoms with E-state index < -0.39 is 0 Å². The Bertz CT molecular complexity index is 564. The zero-order valence-corrected chi connectivity index (χ0v) is 15.2. The number of nitrogens with one attached hydrogen (secondary N) is 2. The van der Waals surface area contributed by atoms with E-state index >= 15 is 0 Å². The fourth-order valence-electron chi connectivity index (χ4n) is 3.48. The lowest BCUT2D eigenvalue weighted by Crippen LogP contribution is -2.45. The lowest BCUT2D eigenvalue weighted by atomic mass is 10.1. The summed E-state index contributed by atoms with van der Waals surface area (Å²) in [6.45, 7) is 8.53. The predicted molar refractivity (Wildman–Crippen MR) is 97.0 cm³/mol. The molecule has 1 aromatic heterocycles. The molecule has 2 aliphatic rings. The predicted octanol–water partition coefficient (Wildman–Crippen LogP) is 2.38. The van der Waals surface area contributed by atoms with Crippen molar-refractivity contribution in [2.45, 2.75) is 58.0 Å². The molecule has 0 bridgehead atoms. The zero-order valence-electron chi connectivity index (χ0n) is 15.2. The fraction of sp³-hybridized carbons (Fsp3) is 0.667. The van der Waals surface area contributed by atoms with Gasteiger partial charge in [0.05, 0.1) is 36.2 Å². The van der Waals surface area contributed by atoms with Crippen LogP contribution < -0.4 is 15.5 Å². The highest BCUT2D eigenvalue weighted by molar-refractivity contribution is 5.89. The molecule has 3 heterocycles. The maximum absolute atomic E-state index is 12.1. The Hall–Kier alpha value is -1.86. The Morgan fingerprint density at radius 3 is 2.68 bits per heavy atom. The van der Waals surface area contributed by atoms with Crippen LogP contribution in [0.5, 0.6) is 0 Å². The molecule has 3 rings (SSSR count). The summed E-state index contributed by atoms with van der Waals surface area (Å²) in [5.41, 5.74) is 0.676. The normalized spacial score (nSPS) is 27.8. The van der Waals surface area contributed by atoms with E-state index in [0.29, 0.717) is 5.69 Å². The molecule has 2 fully saturated rings. The van der Waals surface area contributed by atoms with E-state index in [2.05, 4.69) is 34.4 Å². The number of urea groups is 1. The van der Waals surface area contributed by atoms with Gasteiger partial charge in [-0.3, -0.25) is 0 Å². The van der Waals surface area contributed by atoms with Gasteiger partial charge in [0, 0.05) is 19.7 Å². The molecule has 0 aromatic carbocycles. The van der Waals surface area contributed by atoms with E-state index in [9.17, 15) is 4.79 Å². The van der Waals surface area contributed by atoms with Crippen LogP contribution in [0.1, 0.15) is 33.6 Å². The number of hydrogen-bond acceptors (Lipinski definition) is 5. The molecule has 0 radical (unpaired) electrons. The number of anilines is 2. The van der Waals surface area contributed by atoms with Gasteiger partial charge in [0.2, 0.25) is 0 Å². The number of morpholine rings is 1. The van der Waals surface area contributed by atoms with Crippen LogP contribution >= 0.6 is 0 Å². The monoisotopic (exact) mass is 348 g/mol.